The maximum atomic E-state index is 12.8. The zero-order valence-corrected chi connectivity index (χ0v) is 15.9. The van der Waals surface area contributed by atoms with E-state index in [4.69, 9.17) is 0 Å². The summed E-state index contributed by atoms with van der Waals surface area (Å²) in [5.41, 5.74) is 1.29. The topological polar surface area (TPSA) is 85.8 Å². The third kappa shape index (κ3) is 3.42. The lowest BCUT2D eigenvalue weighted by Crippen LogP contribution is -2.46. The fourth-order valence-electron chi connectivity index (χ4n) is 4.00. The molecule has 1 aromatic heterocycles. The summed E-state index contributed by atoms with van der Waals surface area (Å²) >= 11 is 0. The van der Waals surface area contributed by atoms with Gasteiger partial charge in [-0.25, -0.2) is 9.78 Å². The summed E-state index contributed by atoms with van der Waals surface area (Å²) in [6.07, 6.45) is -5.27. The van der Waals surface area contributed by atoms with E-state index in [-0.39, 0.29) is 23.6 Å². The number of hydrogen-bond donors (Lipinski definition) is 2. The zero-order chi connectivity index (χ0) is 21.6. The van der Waals surface area contributed by atoms with Gasteiger partial charge in [0.1, 0.15) is 11.7 Å². The minimum atomic E-state index is -4.59. The Bertz CT molecular complexity index is 983. The van der Waals surface area contributed by atoms with Crippen LogP contribution in [0.4, 0.5) is 29.5 Å². The van der Waals surface area contributed by atoms with Gasteiger partial charge in [-0.1, -0.05) is 30.3 Å². The van der Waals surface area contributed by atoms with E-state index in [1.54, 1.807) is 6.07 Å². The van der Waals surface area contributed by atoms with E-state index in [1.807, 2.05) is 40.5 Å². The minimum absolute atomic E-state index is 0.0597. The SMILES string of the molecule is C[C@@H](NC(=O)c1ccc2c(n1)N(C(=O)O)[C@H]1CC(c3ccccc3)N2C1)C(F)(F)F. The molecule has 158 valence electrons. The number of nitrogens with zero attached hydrogens (tertiary/aromatic N) is 3. The summed E-state index contributed by atoms with van der Waals surface area (Å²) in [4.78, 5) is 31.5. The van der Waals surface area contributed by atoms with Crippen LogP contribution >= 0.6 is 0 Å². The van der Waals surface area contributed by atoms with E-state index in [0.29, 0.717) is 18.7 Å². The van der Waals surface area contributed by atoms with Gasteiger partial charge in [0, 0.05) is 6.54 Å². The molecule has 2 aromatic rings. The van der Waals surface area contributed by atoms with Crippen LogP contribution in [0.25, 0.3) is 0 Å². The first-order chi connectivity index (χ1) is 14.2. The maximum Gasteiger partial charge on any atom is 0.413 e. The van der Waals surface area contributed by atoms with Gasteiger partial charge in [0.15, 0.2) is 5.82 Å². The van der Waals surface area contributed by atoms with Crippen LogP contribution in [-0.2, 0) is 0 Å². The van der Waals surface area contributed by atoms with Crippen molar-refractivity contribution >= 4 is 23.5 Å². The molecule has 0 aliphatic carbocycles. The van der Waals surface area contributed by atoms with Crippen molar-refractivity contribution in [1.29, 1.82) is 0 Å². The first-order valence-electron chi connectivity index (χ1n) is 9.39. The van der Waals surface area contributed by atoms with Crippen molar-refractivity contribution in [3.05, 3.63) is 53.7 Å². The zero-order valence-electron chi connectivity index (χ0n) is 15.9. The number of amides is 2. The smallest absolute Gasteiger partial charge is 0.413 e. The molecule has 0 spiro atoms. The lowest BCUT2D eigenvalue weighted by molar-refractivity contribution is -0.149. The first-order valence-corrected chi connectivity index (χ1v) is 9.39. The van der Waals surface area contributed by atoms with Crippen LogP contribution in [0.3, 0.4) is 0 Å². The third-order valence-electron chi connectivity index (χ3n) is 5.50. The molecular formula is C20H19F3N4O3. The highest BCUT2D eigenvalue weighted by Gasteiger charge is 2.46. The van der Waals surface area contributed by atoms with Crippen LogP contribution in [0.1, 0.15) is 35.4 Å². The molecule has 2 aliphatic heterocycles. The van der Waals surface area contributed by atoms with Crippen LogP contribution in [0.5, 0.6) is 0 Å². The molecule has 2 amide bonds. The Morgan fingerprint density at radius 1 is 1.20 bits per heavy atom. The number of carbonyl (C=O) groups excluding carboxylic acids is 1. The van der Waals surface area contributed by atoms with Gasteiger partial charge in [-0.3, -0.25) is 9.69 Å². The van der Waals surface area contributed by atoms with Crippen LogP contribution < -0.4 is 15.1 Å². The molecule has 1 saturated heterocycles. The highest BCUT2D eigenvalue weighted by molar-refractivity contribution is 5.97. The van der Waals surface area contributed by atoms with Crippen molar-refractivity contribution in [3.63, 3.8) is 0 Å². The van der Waals surface area contributed by atoms with Crippen LogP contribution in [0.2, 0.25) is 0 Å². The van der Waals surface area contributed by atoms with Gasteiger partial charge in [0.05, 0.1) is 17.8 Å². The Morgan fingerprint density at radius 2 is 1.90 bits per heavy atom. The van der Waals surface area contributed by atoms with Gasteiger partial charge in [0.2, 0.25) is 0 Å². The summed E-state index contributed by atoms with van der Waals surface area (Å²) < 4.78 is 38.3. The Kier molecular flexibility index (Phi) is 4.79. The number of halogens is 3. The Hall–Kier alpha value is -3.30. The average Bonchev–Trinajstić information content (AvgIpc) is 3.07. The van der Waals surface area contributed by atoms with Crippen LogP contribution in [0.15, 0.2) is 42.5 Å². The standard InChI is InChI=1S/C20H19F3N4O3/c1-11(20(21,22)23)24-18(28)14-7-8-15-17(25-14)27(19(29)30)13-9-16(26(15)10-13)12-5-3-2-4-6-12/h2-8,11,13,16H,9-10H2,1H3,(H,24,28)(H,29,30)/t11-,13+,16?/m1/s1. The highest BCUT2D eigenvalue weighted by atomic mass is 19.4. The normalized spacial score (nSPS) is 21.2. The van der Waals surface area contributed by atoms with Crippen LogP contribution in [-0.4, -0.2) is 46.9 Å². The van der Waals surface area contributed by atoms with E-state index < -0.39 is 24.2 Å². The number of anilines is 2. The largest absolute Gasteiger partial charge is 0.465 e. The quantitative estimate of drug-likeness (QED) is 0.793. The predicted molar refractivity (Wildman–Crippen MR) is 103 cm³/mol. The Morgan fingerprint density at radius 3 is 2.53 bits per heavy atom. The van der Waals surface area contributed by atoms with Gasteiger partial charge in [-0.15, -0.1) is 0 Å². The molecule has 3 heterocycles. The molecule has 1 fully saturated rings. The molecule has 10 heteroatoms. The number of benzene rings is 1. The number of rotatable bonds is 3. The Labute approximate surface area is 170 Å². The van der Waals surface area contributed by atoms with Gasteiger partial charge >= 0.3 is 12.3 Å². The minimum Gasteiger partial charge on any atom is -0.465 e. The lowest BCUT2D eigenvalue weighted by atomic mass is 10.0. The van der Waals surface area contributed by atoms with Gasteiger partial charge in [0.25, 0.3) is 5.91 Å². The van der Waals surface area contributed by atoms with Crippen molar-refractivity contribution in [1.82, 2.24) is 10.3 Å². The monoisotopic (exact) mass is 420 g/mol. The summed E-state index contributed by atoms with van der Waals surface area (Å²) in [6.45, 7) is 1.30. The highest BCUT2D eigenvalue weighted by Crippen LogP contribution is 2.47. The van der Waals surface area contributed by atoms with Crippen molar-refractivity contribution < 1.29 is 27.9 Å². The number of hydrogen-bond acceptors (Lipinski definition) is 4. The average molecular weight is 420 g/mol. The molecule has 0 saturated carbocycles. The van der Waals surface area contributed by atoms with Crippen molar-refractivity contribution in [2.75, 3.05) is 16.3 Å². The number of carboxylic acid groups (broad SMARTS) is 1. The van der Waals surface area contributed by atoms with E-state index in [9.17, 15) is 27.9 Å². The molecule has 2 aliphatic rings. The molecule has 7 nitrogen and oxygen atoms in total. The number of pyridine rings is 1. The lowest BCUT2D eigenvalue weighted by Gasteiger charge is -2.35. The Balaban J connectivity index is 1.69. The predicted octanol–water partition coefficient (Wildman–Crippen LogP) is 3.58. The molecule has 1 aromatic carbocycles. The number of alkyl halides is 3. The van der Waals surface area contributed by atoms with Gasteiger partial charge < -0.3 is 15.3 Å². The molecule has 2 N–H and O–H groups in total. The summed E-state index contributed by atoms with van der Waals surface area (Å²) in [5.74, 6) is -0.954. The second-order valence-corrected chi connectivity index (χ2v) is 7.40. The van der Waals surface area contributed by atoms with Crippen molar-refractivity contribution in [2.45, 2.75) is 37.6 Å². The number of aromatic nitrogens is 1. The van der Waals surface area contributed by atoms with Crippen molar-refractivity contribution in [2.24, 2.45) is 0 Å². The fraction of sp³-hybridized carbons (Fsp3) is 0.350. The fourth-order valence-corrected chi connectivity index (χ4v) is 4.00. The van der Waals surface area contributed by atoms with E-state index in [1.165, 1.54) is 6.07 Å². The van der Waals surface area contributed by atoms with E-state index in [0.717, 1.165) is 17.4 Å². The van der Waals surface area contributed by atoms with E-state index in [2.05, 4.69) is 4.98 Å². The molecular weight excluding hydrogens is 401 g/mol. The van der Waals surface area contributed by atoms with Gasteiger partial charge in [-0.2, -0.15) is 13.2 Å². The molecule has 3 atom stereocenters. The van der Waals surface area contributed by atoms with Crippen molar-refractivity contribution in [3.8, 4) is 0 Å². The second-order valence-electron chi connectivity index (χ2n) is 7.40. The molecule has 0 radical (unpaired) electrons. The molecule has 30 heavy (non-hydrogen) atoms. The van der Waals surface area contributed by atoms with E-state index >= 15 is 0 Å². The molecule has 1 unspecified atom stereocenters. The first kappa shape index (κ1) is 20.0. The number of nitrogens with one attached hydrogen (secondary N) is 1. The van der Waals surface area contributed by atoms with Crippen LogP contribution in [0, 0.1) is 0 Å². The van der Waals surface area contributed by atoms with Gasteiger partial charge in [-0.05, 0) is 31.0 Å². The second kappa shape index (κ2) is 7.19. The summed E-state index contributed by atoms with van der Waals surface area (Å²) in [7, 11) is 0. The third-order valence-corrected chi connectivity index (χ3v) is 5.50. The summed E-state index contributed by atoms with van der Waals surface area (Å²) in [6, 6.07) is 10.00. The number of carbonyl (C=O) groups is 2. The maximum absolute atomic E-state index is 12.8. The summed E-state index contributed by atoms with van der Waals surface area (Å²) in [5, 5.41) is 11.6. The molecule has 2 bridgehead atoms. The number of fused-ring (bicyclic) bond motifs is 4. The molecule has 4 rings (SSSR count).